The molecule has 0 atom stereocenters. The fraction of sp³-hybridized carbons (Fsp3) is 0. The monoisotopic (exact) mass is 422 g/mol. The average molecular weight is 424 g/mol. The number of benzene rings is 1. The van der Waals surface area contributed by atoms with E-state index < -0.39 is 0 Å². The van der Waals surface area contributed by atoms with E-state index in [2.05, 4.69) is 52.6 Å². The summed E-state index contributed by atoms with van der Waals surface area (Å²) in [6.07, 6.45) is 3.22. The topological polar surface area (TPSA) is 87.5 Å². The smallest absolute Gasteiger partial charge is 0.273 e. The number of rotatable bonds is 2. The molecule has 0 aliphatic carbocycles. The van der Waals surface area contributed by atoms with Crippen LogP contribution in [0.15, 0.2) is 50.1 Å². The Morgan fingerprint density at radius 3 is 2.59 bits per heavy atom. The molecule has 0 spiro atoms. The maximum Gasteiger partial charge on any atom is 0.273 e. The molecule has 1 aliphatic heterocycles. The molecule has 1 aromatic carbocycles. The van der Waals surface area contributed by atoms with Crippen molar-refractivity contribution < 1.29 is 9.90 Å². The van der Waals surface area contributed by atoms with Crippen LogP contribution in [0.1, 0.15) is 11.3 Å². The number of aromatic nitrogens is 2. The van der Waals surface area contributed by atoms with Gasteiger partial charge in [-0.2, -0.15) is 10.2 Å². The summed E-state index contributed by atoms with van der Waals surface area (Å²) in [5, 5.41) is 21.5. The Kier molecular flexibility index (Phi) is 4.04. The molecule has 0 fully saturated rings. The van der Waals surface area contributed by atoms with Crippen LogP contribution in [0.2, 0.25) is 0 Å². The summed E-state index contributed by atoms with van der Waals surface area (Å²) < 4.78 is 1.04. The predicted octanol–water partition coefficient (Wildman–Crippen LogP) is 2.62. The van der Waals surface area contributed by atoms with Gasteiger partial charge in [0.15, 0.2) is 0 Å². The zero-order valence-corrected chi connectivity index (χ0v) is 14.1. The minimum absolute atomic E-state index is 0.0980. The first-order valence-corrected chi connectivity index (χ1v) is 7.71. The zero-order valence-electron chi connectivity index (χ0n) is 10.9. The normalized spacial score (nSPS) is 15.8. The van der Waals surface area contributed by atoms with E-state index in [1.807, 2.05) is 0 Å². The number of carbonyl (C=O) groups is 1. The quantitative estimate of drug-likeness (QED) is 0.726. The number of carbonyl (C=O) groups excluding carboxylic acids is 1. The van der Waals surface area contributed by atoms with Gasteiger partial charge in [0.25, 0.3) is 5.91 Å². The van der Waals surface area contributed by atoms with Crippen molar-refractivity contribution in [3.63, 3.8) is 0 Å². The van der Waals surface area contributed by atoms with E-state index in [1.165, 1.54) is 0 Å². The molecule has 1 aliphatic rings. The molecule has 2 heterocycles. The Hall–Kier alpha value is -2.06. The predicted molar refractivity (Wildman–Crippen MR) is 88.2 cm³/mol. The highest BCUT2D eigenvalue weighted by Gasteiger charge is 2.25. The fourth-order valence-electron chi connectivity index (χ4n) is 1.93. The molecule has 1 aromatic heterocycles. The Labute approximate surface area is 142 Å². The number of phenols is 1. The number of hydrogen-bond acceptors (Lipinski definition) is 5. The first-order valence-electron chi connectivity index (χ1n) is 6.12. The Morgan fingerprint density at radius 1 is 1.23 bits per heavy atom. The first kappa shape index (κ1) is 14.9. The molecule has 8 heteroatoms. The van der Waals surface area contributed by atoms with Crippen LogP contribution in [0.25, 0.3) is 6.08 Å². The van der Waals surface area contributed by atoms with Gasteiger partial charge in [0.05, 0.1) is 14.5 Å². The van der Waals surface area contributed by atoms with E-state index in [-0.39, 0.29) is 11.7 Å². The maximum absolute atomic E-state index is 12.0. The van der Waals surface area contributed by atoms with Gasteiger partial charge in [-0.05, 0) is 67.8 Å². The van der Waals surface area contributed by atoms with Crippen molar-refractivity contribution >= 4 is 49.6 Å². The van der Waals surface area contributed by atoms with Gasteiger partial charge in [0, 0.05) is 6.20 Å². The van der Waals surface area contributed by atoms with E-state index in [0.29, 0.717) is 25.9 Å². The van der Waals surface area contributed by atoms with Crippen molar-refractivity contribution in [1.29, 1.82) is 0 Å². The molecule has 1 amide bonds. The summed E-state index contributed by atoms with van der Waals surface area (Å²) in [4.78, 5) is 12.0. The molecule has 3 rings (SSSR count). The standard InChI is InChI=1S/C14H8Br2N4O2/c15-9-5-7(6-10(16)13(9)21)4-8-12(19-20-14(8)22)11-2-1-3-17-18-11/h1-6,21H,(H,20,22). The Balaban J connectivity index is 2.06. The van der Waals surface area contributed by atoms with Crippen LogP contribution in [0.3, 0.4) is 0 Å². The number of nitrogens with zero attached hydrogens (tertiary/aromatic N) is 3. The van der Waals surface area contributed by atoms with Gasteiger partial charge in [0.1, 0.15) is 17.2 Å². The molecule has 0 radical (unpaired) electrons. The van der Waals surface area contributed by atoms with Crippen LogP contribution in [0.5, 0.6) is 5.75 Å². The second-order valence-electron chi connectivity index (χ2n) is 4.40. The van der Waals surface area contributed by atoms with Gasteiger partial charge in [-0.1, -0.05) is 0 Å². The lowest BCUT2D eigenvalue weighted by atomic mass is 10.0. The lowest BCUT2D eigenvalue weighted by Gasteiger charge is -2.04. The molecule has 22 heavy (non-hydrogen) atoms. The van der Waals surface area contributed by atoms with Gasteiger partial charge in [-0.3, -0.25) is 4.79 Å². The maximum atomic E-state index is 12.0. The van der Waals surface area contributed by atoms with Crippen molar-refractivity contribution in [3.8, 4) is 5.75 Å². The second-order valence-corrected chi connectivity index (χ2v) is 6.11. The third-order valence-electron chi connectivity index (χ3n) is 2.93. The van der Waals surface area contributed by atoms with E-state index in [9.17, 15) is 9.90 Å². The number of amides is 1. The van der Waals surface area contributed by atoms with Crippen LogP contribution in [0.4, 0.5) is 0 Å². The third-order valence-corrected chi connectivity index (χ3v) is 4.14. The number of phenolic OH excluding ortho intramolecular Hbond substituents is 1. The van der Waals surface area contributed by atoms with Crippen LogP contribution >= 0.6 is 31.9 Å². The van der Waals surface area contributed by atoms with Crippen molar-refractivity contribution in [2.75, 3.05) is 0 Å². The van der Waals surface area contributed by atoms with E-state index >= 15 is 0 Å². The molecule has 2 aromatic rings. The molecule has 0 bridgehead atoms. The number of nitrogens with one attached hydrogen (secondary N) is 1. The molecule has 0 unspecified atom stereocenters. The van der Waals surface area contributed by atoms with Crippen LogP contribution in [-0.4, -0.2) is 26.9 Å². The number of hydrogen-bond donors (Lipinski definition) is 2. The minimum atomic E-state index is -0.319. The molecule has 0 saturated heterocycles. The van der Waals surface area contributed by atoms with E-state index in [0.717, 1.165) is 5.56 Å². The molecule has 2 N–H and O–H groups in total. The van der Waals surface area contributed by atoms with Crippen LogP contribution in [0, 0.1) is 0 Å². The second kappa shape index (κ2) is 5.98. The molecule has 6 nitrogen and oxygen atoms in total. The lowest BCUT2D eigenvalue weighted by Crippen LogP contribution is -2.14. The Morgan fingerprint density at radius 2 is 1.95 bits per heavy atom. The van der Waals surface area contributed by atoms with Gasteiger partial charge in [-0.15, -0.1) is 5.10 Å². The fourth-order valence-corrected chi connectivity index (χ4v) is 3.15. The van der Waals surface area contributed by atoms with Crippen molar-refractivity contribution in [1.82, 2.24) is 15.6 Å². The summed E-state index contributed by atoms with van der Waals surface area (Å²) in [7, 11) is 0. The van der Waals surface area contributed by atoms with Crippen molar-refractivity contribution in [2.45, 2.75) is 0 Å². The highest BCUT2D eigenvalue weighted by molar-refractivity contribution is 9.11. The highest BCUT2D eigenvalue weighted by Crippen LogP contribution is 2.34. The van der Waals surface area contributed by atoms with Gasteiger partial charge in [-0.25, -0.2) is 5.43 Å². The van der Waals surface area contributed by atoms with E-state index in [4.69, 9.17) is 0 Å². The van der Waals surface area contributed by atoms with Crippen molar-refractivity contribution in [3.05, 3.63) is 56.2 Å². The average Bonchev–Trinajstić information content (AvgIpc) is 2.87. The van der Waals surface area contributed by atoms with Crippen molar-refractivity contribution in [2.24, 2.45) is 5.10 Å². The number of halogens is 2. The summed E-state index contributed by atoms with van der Waals surface area (Å²) in [6.45, 7) is 0. The SMILES string of the molecule is O=C1NN=C(c2cccnn2)C1=Cc1cc(Br)c(O)c(Br)c1. The summed E-state index contributed by atoms with van der Waals surface area (Å²) >= 11 is 6.52. The minimum Gasteiger partial charge on any atom is -0.506 e. The zero-order chi connectivity index (χ0) is 15.7. The number of aromatic hydroxyl groups is 1. The lowest BCUT2D eigenvalue weighted by molar-refractivity contribution is -0.116. The summed E-state index contributed by atoms with van der Waals surface area (Å²) in [5.74, 6) is -0.221. The van der Waals surface area contributed by atoms with Gasteiger partial charge >= 0.3 is 0 Å². The molecule has 110 valence electrons. The molecule has 0 saturated carbocycles. The summed E-state index contributed by atoms with van der Waals surface area (Å²) in [5.41, 5.74) is 4.45. The third kappa shape index (κ3) is 2.79. The highest BCUT2D eigenvalue weighted by atomic mass is 79.9. The van der Waals surface area contributed by atoms with E-state index in [1.54, 1.807) is 36.5 Å². The molecular formula is C14H8Br2N4O2. The summed E-state index contributed by atoms with van der Waals surface area (Å²) in [6, 6.07) is 6.85. The molecular weight excluding hydrogens is 416 g/mol. The van der Waals surface area contributed by atoms with Gasteiger partial charge < -0.3 is 5.11 Å². The number of hydrazone groups is 1. The van der Waals surface area contributed by atoms with Gasteiger partial charge in [0.2, 0.25) is 0 Å². The van der Waals surface area contributed by atoms with Crippen LogP contribution < -0.4 is 5.43 Å². The van der Waals surface area contributed by atoms with Crippen LogP contribution in [-0.2, 0) is 4.79 Å². The largest absolute Gasteiger partial charge is 0.506 e. The first-order chi connectivity index (χ1) is 10.6. The Bertz CT molecular complexity index is 796.